The monoisotopic (exact) mass is 308 g/mol. The Morgan fingerprint density at radius 3 is 2.90 bits per heavy atom. The van der Waals surface area contributed by atoms with Crippen LogP contribution >= 0.6 is 23.4 Å². The van der Waals surface area contributed by atoms with Crippen molar-refractivity contribution in [2.24, 2.45) is 0 Å². The third kappa shape index (κ3) is 7.16. The summed E-state index contributed by atoms with van der Waals surface area (Å²) in [7, 11) is 1.71. The number of rotatable bonds is 2. The quantitative estimate of drug-likeness (QED) is 0.493. The summed E-state index contributed by atoms with van der Waals surface area (Å²) in [5.41, 5.74) is 1.24. The average molecular weight is 309 g/mol. The Kier molecular flexibility index (Phi) is 8.49. The number of terminal acetylenes is 1. The molecule has 0 bridgehead atoms. The molecule has 0 saturated carbocycles. The Morgan fingerprint density at radius 1 is 1.50 bits per heavy atom. The molecule has 20 heavy (non-hydrogen) atoms. The van der Waals surface area contributed by atoms with Gasteiger partial charge in [0, 0.05) is 56.1 Å². The van der Waals surface area contributed by atoms with Crippen molar-refractivity contribution in [3.8, 4) is 24.6 Å². The van der Waals surface area contributed by atoms with Crippen LogP contribution in [0.2, 0.25) is 5.15 Å². The summed E-state index contributed by atoms with van der Waals surface area (Å²) >= 11 is 7.68. The smallest absolute Gasteiger partial charge is 0.129 e. The molecule has 0 unspecified atom stereocenters. The number of pyridine rings is 1. The van der Waals surface area contributed by atoms with Crippen molar-refractivity contribution < 1.29 is 0 Å². The van der Waals surface area contributed by atoms with E-state index in [1.165, 1.54) is 17.9 Å². The van der Waals surface area contributed by atoms with Crippen LogP contribution in [0.5, 0.6) is 0 Å². The Balaban J connectivity index is 0.000000246. The molecular formula is C14H17ClN4S. The Bertz CT molecular complexity index is 481. The van der Waals surface area contributed by atoms with Crippen molar-refractivity contribution >= 4 is 23.4 Å². The van der Waals surface area contributed by atoms with E-state index in [9.17, 15) is 0 Å². The van der Waals surface area contributed by atoms with Gasteiger partial charge in [0.1, 0.15) is 5.15 Å². The Morgan fingerprint density at radius 2 is 2.35 bits per heavy atom. The topological polar surface area (TPSA) is 40.2 Å². The molecule has 2 rings (SSSR count). The first-order valence-electron chi connectivity index (χ1n) is 6.04. The third-order valence-corrected chi connectivity index (χ3v) is 3.59. The predicted octanol–water partition coefficient (Wildman–Crippen LogP) is 1.55. The lowest BCUT2D eigenvalue weighted by molar-refractivity contribution is 0.348. The van der Waals surface area contributed by atoms with E-state index in [0.717, 1.165) is 12.4 Å². The summed E-state index contributed by atoms with van der Waals surface area (Å²) in [6, 6.07) is 11.0. The van der Waals surface area contributed by atoms with Gasteiger partial charge < -0.3 is 5.32 Å². The second-order valence-electron chi connectivity index (χ2n) is 3.85. The van der Waals surface area contributed by atoms with Crippen LogP contribution in [-0.4, -0.2) is 35.1 Å². The van der Waals surface area contributed by atoms with Gasteiger partial charge in [0.2, 0.25) is 0 Å². The molecule has 0 spiro atoms. The van der Waals surface area contributed by atoms with Crippen molar-refractivity contribution in [3.63, 3.8) is 0 Å². The first kappa shape index (κ1) is 16.5. The van der Waals surface area contributed by atoms with E-state index in [-0.39, 0.29) is 0 Å². The number of hydrogen-bond donors (Lipinski definition) is 2. The molecule has 1 aromatic heterocycles. The average Bonchev–Trinajstić information content (AvgIpc) is 2.96. The van der Waals surface area contributed by atoms with E-state index >= 15 is 0 Å². The van der Waals surface area contributed by atoms with Crippen molar-refractivity contribution in [2.75, 3.05) is 25.2 Å². The number of hydrogen-bond acceptors (Lipinski definition) is 5. The van der Waals surface area contributed by atoms with Crippen LogP contribution in [0.3, 0.4) is 0 Å². The van der Waals surface area contributed by atoms with Crippen LogP contribution in [0.25, 0.3) is 0 Å². The zero-order valence-corrected chi connectivity index (χ0v) is 12.9. The molecule has 2 N–H and O–H groups in total. The van der Waals surface area contributed by atoms with E-state index in [0.29, 0.717) is 5.15 Å². The first-order valence-corrected chi connectivity index (χ1v) is 7.57. The van der Waals surface area contributed by atoms with Gasteiger partial charge in [-0.2, -0.15) is 0 Å². The van der Waals surface area contributed by atoms with Gasteiger partial charge in [-0.1, -0.05) is 24.1 Å². The van der Waals surface area contributed by atoms with E-state index in [1.54, 1.807) is 7.05 Å². The maximum atomic E-state index is 5.70. The van der Waals surface area contributed by atoms with Crippen molar-refractivity contribution in [1.82, 2.24) is 20.5 Å². The van der Waals surface area contributed by atoms with E-state index < -0.39 is 0 Å². The molecule has 6 heteroatoms. The van der Waals surface area contributed by atoms with E-state index in [4.69, 9.17) is 18.0 Å². The van der Waals surface area contributed by atoms with Crippen LogP contribution in [0.1, 0.15) is 5.56 Å². The Hall–Kier alpha value is -1.53. The van der Waals surface area contributed by atoms with Crippen molar-refractivity contribution in [1.29, 1.82) is 0 Å². The molecule has 4 nitrogen and oxygen atoms in total. The molecule has 1 aliphatic heterocycles. The van der Waals surface area contributed by atoms with Crippen LogP contribution in [0, 0.1) is 24.6 Å². The fourth-order valence-electron chi connectivity index (χ4n) is 1.46. The third-order valence-electron chi connectivity index (χ3n) is 2.34. The van der Waals surface area contributed by atoms with Crippen LogP contribution in [0.4, 0.5) is 0 Å². The lowest BCUT2D eigenvalue weighted by atomic mass is 10.3. The minimum atomic E-state index is 0.569. The van der Waals surface area contributed by atoms with Crippen molar-refractivity contribution in [3.05, 3.63) is 29.0 Å². The Labute approximate surface area is 129 Å². The van der Waals surface area contributed by atoms with Gasteiger partial charge in [0.05, 0.1) is 0 Å². The SMILES string of the molecule is C#CNC#CNC.Clc1ccc(CN2CCSC2)cn1. The van der Waals surface area contributed by atoms with E-state index in [1.807, 2.05) is 30.1 Å². The molecular weight excluding hydrogens is 292 g/mol. The number of aromatic nitrogens is 1. The van der Waals surface area contributed by atoms with Gasteiger partial charge in [0.15, 0.2) is 0 Å². The molecule has 1 aliphatic rings. The number of nitrogens with one attached hydrogen (secondary N) is 2. The number of halogens is 1. The summed E-state index contributed by atoms with van der Waals surface area (Å²) in [5, 5.41) is 5.51. The summed E-state index contributed by atoms with van der Waals surface area (Å²) in [6.45, 7) is 2.18. The minimum Gasteiger partial charge on any atom is -0.347 e. The highest BCUT2D eigenvalue weighted by Crippen LogP contribution is 2.16. The lowest BCUT2D eigenvalue weighted by Gasteiger charge is -2.12. The number of nitrogens with zero attached hydrogens (tertiary/aromatic N) is 2. The summed E-state index contributed by atoms with van der Waals surface area (Å²) in [5.74, 6) is 2.39. The second-order valence-corrected chi connectivity index (χ2v) is 5.31. The molecule has 0 atom stereocenters. The molecule has 1 saturated heterocycles. The maximum absolute atomic E-state index is 5.70. The van der Waals surface area contributed by atoms with Gasteiger partial charge in [-0.3, -0.25) is 10.2 Å². The summed E-state index contributed by atoms with van der Waals surface area (Å²) in [6.07, 6.45) is 6.63. The lowest BCUT2D eigenvalue weighted by Crippen LogP contribution is -2.18. The van der Waals surface area contributed by atoms with Gasteiger partial charge >= 0.3 is 0 Å². The standard InChI is InChI=1S/C9H11ClN2S.C5H6N2/c10-9-2-1-8(5-11-9)6-12-3-4-13-7-12;1-3-7-5-4-6-2/h1-2,5H,3-4,6-7H2;1,6-7H,2H3. The van der Waals surface area contributed by atoms with Gasteiger partial charge in [-0.05, 0) is 11.6 Å². The fourth-order valence-corrected chi connectivity index (χ4v) is 2.57. The summed E-state index contributed by atoms with van der Waals surface area (Å²) in [4.78, 5) is 6.47. The van der Waals surface area contributed by atoms with Crippen LogP contribution in [-0.2, 0) is 6.54 Å². The molecule has 106 valence electrons. The predicted molar refractivity (Wildman–Crippen MR) is 85.8 cm³/mol. The molecule has 0 aromatic carbocycles. The highest BCUT2D eigenvalue weighted by molar-refractivity contribution is 7.99. The van der Waals surface area contributed by atoms with Gasteiger partial charge in [0.25, 0.3) is 0 Å². The molecule has 1 aromatic rings. The van der Waals surface area contributed by atoms with E-state index in [2.05, 4.69) is 38.7 Å². The molecule has 0 amide bonds. The molecule has 2 heterocycles. The number of thioether (sulfide) groups is 1. The molecule has 0 radical (unpaired) electrons. The normalized spacial score (nSPS) is 13.2. The van der Waals surface area contributed by atoms with Crippen LogP contribution in [0.15, 0.2) is 18.3 Å². The van der Waals surface area contributed by atoms with Crippen molar-refractivity contribution in [2.45, 2.75) is 6.54 Å². The largest absolute Gasteiger partial charge is 0.347 e. The van der Waals surface area contributed by atoms with Crippen LogP contribution < -0.4 is 10.6 Å². The van der Waals surface area contributed by atoms with Gasteiger partial charge in [-0.15, -0.1) is 11.8 Å². The molecule has 1 fully saturated rings. The summed E-state index contributed by atoms with van der Waals surface area (Å²) < 4.78 is 0. The maximum Gasteiger partial charge on any atom is 0.129 e. The molecule has 0 aliphatic carbocycles. The highest BCUT2D eigenvalue weighted by atomic mass is 35.5. The fraction of sp³-hybridized carbons (Fsp3) is 0.357. The minimum absolute atomic E-state index is 0.569. The zero-order chi connectivity index (χ0) is 14.6. The second kappa shape index (κ2) is 10.3. The zero-order valence-electron chi connectivity index (χ0n) is 11.3. The first-order chi connectivity index (χ1) is 9.76. The highest BCUT2D eigenvalue weighted by Gasteiger charge is 2.11. The van der Waals surface area contributed by atoms with Gasteiger partial charge in [-0.25, -0.2) is 4.98 Å².